The summed E-state index contributed by atoms with van der Waals surface area (Å²) in [6.45, 7) is 4.32. The van der Waals surface area contributed by atoms with E-state index < -0.39 is 17.9 Å². The Kier molecular flexibility index (Phi) is 3.74. The number of hydrogen-bond donors (Lipinski definition) is 2. The first-order valence-electron chi connectivity index (χ1n) is 5.34. The molecule has 3 N–H and O–H groups in total. The van der Waals surface area contributed by atoms with Crippen LogP contribution < -0.4 is 5.73 Å². The van der Waals surface area contributed by atoms with Crippen molar-refractivity contribution in [3.05, 3.63) is 0 Å². The normalized spacial score (nSPS) is 24.9. The number of carboxylic acids is 1. The van der Waals surface area contributed by atoms with E-state index in [1.54, 1.807) is 11.9 Å². The van der Waals surface area contributed by atoms with E-state index in [1.165, 1.54) is 4.90 Å². The van der Waals surface area contributed by atoms with Gasteiger partial charge in [0.15, 0.2) is 0 Å². The van der Waals surface area contributed by atoms with Crippen molar-refractivity contribution < 1.29 is 14.7 Å². The second-order valence-electron chi connectivity index (χ2n) is 4.50. The molecule has 2 amide bonds. The lowest BCUT2D eigenvalue weighted by Crippen LogP contribution is -2.43. The standard InChI is InChI=1S/C10H19N3O3/c1-6(2)12(3)10(16)13-4-7(9(14)15)8(11)5-13/h6-8H,4-5,11H2,1-3H3,(H,14,15)/t7-,8+/m0/s1. The van der Waals surface area contributed by atoms with Gasteiger partial charge >= 0.3 is 12.0 Å². The van der Waals surface area contributed by atoms with Gasteiger partial charge in [0.1, 0.15) is 0 Å². The van der Waals surface area contributed by atoms with Gasteiger partial charge in [0.25, 0.3) is 0 Å². The number of nitrogens with two attached hydrogens (primary N) is 1. The molecule has 1 aliphatic rings. The summed E-state index contributed by atoms with van der Waals surface area (Å²) in [4.78, 5) is 25.8. The Bertz CT molecular complexity index is 293. The summed E-state index contributed by atoms with van der Waals surface area (Å²) in [5.41, 5.74) is 5.69. The molecule has 16 heavy (non-hydrogen) atoms. The third kappa shape index (κ3) is 2.44. The zero-order chi connectivity index (χ0) is 12.5. The average Bonchev–Trinajstić information content (AvgIpc) is 2.58. The first-order valence-corrected chi connectivity index (χ1v) is 5.34. The van der Waals surface area contributed by atoms with Crippen LogP contribution in [-0.2, 0) is 4.79 Å². The van der Waals surface area contributed by atoms with Crippen LogP contribution in [0.1, 0.15) is 13.8 Å². The summed E-state index contributed by atoms with van der Waals surface area (Å²) in [5.74, 6) is -1.58. The Hall–Kier alpha value is -1.30. The van der Waals surface area contributed by atoms with E-state index in [0.717, 1.165) is 0 Å². The van der Waals surface area contributed by atoms with E-state index in [-0.39, 0.29) is 18.6 Å². The van der Waals surface area contributed by atoms with Crippen molar-refractivity contribution >= 4 is 12.0 Å². The van der Waals surface area contributed by atoms with Gasteiger partial charge in [-0.05, 0) is 13.8 Å². The summed E-state index contributed by atoms with van der Waals surface area (Å²) in [6, 6.07) is -0.538. The Morgan fingerprint density at radius 3 is 2.38 bits per heavy atom. The van der Waals surface area contributed by atoms with Crippen molar-refractivity contribution in [2.75, 3.05) is 20.1 Å². The molecule has 1 saturated heterocycles. The van der Waals surface area contributed by atoms with Crippen LogP contribution in [0, 0.1) is 5.92 Å². The maximum absolute atomic E-state index is 11.9. The van der Waals surface area contributed by atoms with Gasteiger partial charge in [0.2, 0.25) is 0 Å². The van der Waals surface area contributed by atoms with E-state index in [9.17, 15) is 9.59 Å². The highest BCUT2D eigenvalue weighted by Gasteiger charge is 2.38. The molecule has 1 fully saturated rings. The molecular weight excluding hydrogens is 210 g/mol. The number of aliphatic carboxylic acids is 1. The number of amides is 2. The second-order valence-corrected chi connectivity index (χ2v) is 4.50. The number of hydrogen-bond acceptors (Lipinski definition) is 3. The van der Waals surface area contributed by atoms with Crippen molar-refractivity contribution in [3.63, 3.8) is 0 Å². The molecule has 1 rings (SSSR count). The van der Waals surface area contributed by atoms with Crippen LogP contribution in [0.3, 0.4) is 0 Å². The van der Waals surface area contributed by atoms with Gasteiger partial charge in [-0.3, -0.25) is 4.79 Å². The lowest BCUT2D eigenvalue weighted by atomic mass is 10.1. The van der Waals surface area contributed by atoms with Crippen LogP contribution in [0.15, 0.2) is 0 Å². The monoisotopic (exact) mass is 229 g/mol. The van der Waals surface area contributed by atoms with Crippen LogP contribution in [0.4, 0.5) is 4.79 Å². The number of nitrogens with zero attached hydrogens (tertiary/aromatic N) is 2. The summed E-state index contributed by atoms with van der Waals surface area (Å²) in [5, 5.41) is 8.90. The number of carbonyl (C=O) groups is 2. The zero-order valence-corrected chi connectivity index (χ0v) is 9.88. The Balaban J connectivity index is 2.65. The van der Waals surface area contributed by atoms with Gasteiger partial charge in [-0.25, -0.2) is 4.79 Å². The van der Waals surface area contributed by atoms with E-state index in [1.807, 2.05) is 13.8 Å². The highest BCUT2D eigenvalue weighted by molar-refractivity contribution is 5.78. The lowest BCUT2D eigenvalue weighted by molar-refractivity contribution is -0.141. The minimum Gasteiger partial charge on any atom is -0.481 e. The highest BCUT2D eigenvalue weighted by atomic mass is 16.4. The van der Waals surface area contributed by atoms with Gasteiger partial charge in [-0.15, -0.1) is 0 Å². The second kappa shape index (κ2) is 4.69. The molecule has 0 saturated carbocycles. The molecule has 0 bridgehead atoms. The van der Waals surface area contributed by atoms with Crippen molar-refractivity contribution in [3.8, 4) is 0 Å². The molecule has 92 valence electrons. The molecule has 1 heterocycles. The molecule has 6 nitrogen and oxygen atoms in total. The minimum absolute atomic E-state index is 0.0904. The van der Waals surface area contributed by atoms with Gasteiger partial charge in [0, 0.05) is 32.2 Å². The molecule has 0 aliphatic carbocycles. The highest BCUT2D eigenvalue weighted by Crippen LogP contribution is 2.17. The van der Waals surface area contributed by atoms with Gasteiger partial charge in [-0.1, -0.05) is 0 Å². The number of likely N-dealkylation sites (tertiary alicyclic amines) is 1. The third-order valence-corrected chi connectivity index (χ3v) is 3.03. The van der Waals surface area contributed by atoms with E-state index in [2.05, 4.69) is 0 Å². The van der Waals surface area contributed by atoms with E-state index in [4.69, 9.17) is 10.8 Å². The molecule has 0 radical (unpaired) electrons. The van der Waals surface area contributed by atoms with Crippen molar-refractivity contribution in [2.45, 2.75) is 25.9 Å². The first-order chi connectivity index (χ1) is 7.34. The average molecular weight is 229 g/mol. The molecule has 0 spiro atoms. The Morgan fingerprint density at radius 2 is 2.00 bits per heavy atom. The molecule has 1 aliphatic heterocycles. The van der Waals surface area contributed by atoms with Crippen LogP contribution in [-0.4, -0.2) is 59.1 Å². The predicted molar refractivity (Wildman–Crippen MR) is 59.0 cm³/mol. The number of urea groups is 1. The molecular formula is C10H19N3O3. The van der Waals surface area contributed by atoms with Crippen LogP contribution in [0.25, 0.3) is 0 Å². The predicted octanol–water partition coefficient (Wildman–Crippen LogP) is -0.210. The number of carboxylic acid groups (broad SMARTS) is 1. The molecule has 0 aromatic carbocycles. The minimum atomic E-state index is -0.935. The Morgan fingerprint density at radius 1 is 1.44 bits per heavy atom. The Labute approximate surface area is 95.0 Å². The maximum Gasteiger partial charge on any atom is 0.320 e. The molecule has 0 aromatic rings. The van der Waals surface area contributed by atoms with Crippen LogP contribution in [0.5, 0.6) is 0 Å². The maximum atomic E-state index is 11.9. The summed E-state index contributed by atoms with van der Waals surface area (Å²) in [7, 11) is 1.70. The molecule has 6 heteroatoms. The summed E-state index contributed by atoms with van der Waals surface area (Å²) >= 11 is 0. The van der Waals surface area contributed by atoms with E-state index >= 15 is 0 Å². The largest absolute Gasteiger partial charge is 0.481 e. The fraction of sp³-hybridized carbons (Fsp3) is 0.800. The van der Waals surface area contributed by atoms with Gasteiger partial charge in [-0.2, -0.15) is 0 Å². The fourth-order valence-corrected chi connectivity index (χ4v) is 1.69. The van der Waals surface area contributed by atoms with Gasteiger partial charge < -0.3 is 20.6 Å². The van der Waals surface area contributed by atoms with Crippen molar-refractivity contribution in [1.29, 1.82) is 0 Å². The molecule has 0 unspecified atom stereocenters. The zero-order valence-electron chi connectivity index (χ0n) is 9.88. The fourth-order valence-electron chi connectivity index (χ4n) is 1.69. The summed E-state index contributed by atoms with van der Waals surface area (Å²) < 4.78 is 0. The smallest absolute Gasteiger partial charge is 0.320 e. The van der Waals surface area contributed by atoms with Crippen LogP contribution in [0.2, 0.25) is 0 Å². The van der Waals surface area contributed by atoms with Gasteiger partial charge in [0.05, 0.1) is 5.92 Å². The summed E-state index contributed by atoms with van der Waals surface area (Å²) in [6.07, 6.45) is 0. The number of rotatable bonds is 2. The first kappa shape index (κ1) is 12.8. The van der Waals surface area contributed by atoms with Crippen molar-refractivity contribution in [2.24, 2.45) is 11.7 Å². The molecule has 2 atom stereocenters. The number of carbonyl (C=O) groups excluding carboxylic acids is 1. The quantitative estimate of drug-likeness (QED) is 0.686. The SMILES string of the molecule is CC(C)N(C)C(=O)N1C[C@@H](N)[C@@H](C(=O)O)C1. The third-order valence-electron chi connectivity index (χ3n) is 3.03. The van der Waals surface area contributed by atoms with Crippen LogP contribution >= 0.6 is 0 Å². The molecule has 0 aromatic heterocycles. The van der Waals surface area contributed by atoms with E-state index in [0.29, 0.717) is 6.54 Å². The van der Waals surface area contributed by atoms with Crippen molar-refractivity contribution in [1.82, 2.24) is 9.80 Å². The topological polar surface area (TPSA) is 86.9 Å². The lowest BCUT2D eigenvalue weighted by Gasteiger charge is -2.27.